The van der Waals surface area contributed by atoms with Gasteiger partial charge in [-0.3, -0.25) is 40.5 Å². The molecule has 0 fully saturated rings. The highest BCUT2D eigenvalue weighted by molar-refractivity contribution is 9.09. The maximum Gasteiger partial charge on any atom is 0.295 e. The van der Waals surface area contributed by atoms with E-state index in [9.17, 15) is 40.5 Å². The van der Waals surface area contributed by atoms with Gasteiger partial charge in [0, 0.05) is 5.33 Å². The van der Waals surface area contributed by atoms with Gasteiger partial charge in [0.2, 0.25) is 0 Å². The molecule has 0 aliphatic carbocycles. The fraction of sp³-hybridized carbons (Fsp3) is 0.250. The molecule has 0 amide bonds. The highest BCUT2D eigenvalue weighted by Crippen LogP contribution is 2.29. The van der Waals surface area contributed by atoms with Gasteiger partial charge in [-0.25, -0.2) is 0 Å². The molecule has 286 valence electrons. The summed E-state index contributed by atoms with van der Waals surface area (Å²) in [5.41, 5.74) is 21.4. The summed E-state index contributed by atoms with van der Waals surface area (Å²) < 4.78 is 15.7. The van der Waals surface area contributed by atoms with E-state index in [0.29, 0.717) is 42.4 Å². The van der Waals surface area contributed by atoms with Gasteiger partial charge in [0.25, 0.3) is 22.7 Å². The monoisotopic (exact) mass is 806 g/mol. The third-order valence-corrected chi connectivity index (χ3v) is 6.42. The van der Waals surface area contributed by atoms with Gasteiger partial charge in [-0.1, -0.05) is 29.8 Å². The van der Waals surface area contributed by atoms with E-state index in [1.807, 2.05) is 13.8 Å². The van der Waals surface area contributed by atoms with Crippen molar-refractivity contribution in [3.05, 3.63) is 113 Å². The molecule has 0 saturated heterocycles. The largest absolute Gasteiger partial charge is 0.508 e. The molecular weight excluding hydrogens is 768 g/mol. The van der Waals surface area contributed by atoms with Crippen molar-refractivity contribution >= 4 is 61.4 Å². The maximum atomic E-state index is 10.5. The molecule has 53 heavy (non-hydrogen) atoms. The van der Waals surface area contributed by atoms with Crippen LogP contribution >= 0.6 is 15.9 Å². The minimum atomic E-state index is -0.644. The number of anilines is 4. The van der Waals surface area contributed by atoms with Gasteiger partial charge in [0.05, 0.1) is 63.8 Å². The third-order valence-electron chi connectivity index (χ3n) is 6.10. The number of ether oxygens (including phenoxy) is 3. The molecule has 9 N–H and O–H groups in total. The van der Waals surface area contributed by atoms with Crippen molar-refractivity contribution in [2.45, 2.75) is 26.7 Å². The Balaban J connectivity index is 0.000000355. The lowest BCUT2D eigenvalue weighted by Crippen LogP contribution is -2.00. The van der Waals surface area contributed by atoms with Crippen LogP contribution in [0.15, 0.2) is 72.8 Å². The highest BCUT2D eigenvalue weighted by atomic mass is 79.9. The molecule has 4 rings (SSSR count). The number of phenolic OH excluding ortho intramolecular Hbond substituents is 1. The fourth-order valence-electron chi connectivity index (χ4n) is 3.60. The SMILES string of the molecule is CCCOc1ccc(N)c([N+](=O)[O-])c1.CCCOc1ccc(N)c([N+](=O)[O-])c1.Nc1ccc(O)cc1[N+](=O)[O-].Nc1ccc(OCCBr)cc1[N+](=O)[O-]. The van der Waals surface area contributed by atoms with Gasteiger partial charge in [-0.2, -0.15) is 0 Å². The first-order valence-corrected chi connectivity index (χ1v) is 16.5. The summed E-state index contributed by atoms with van der Waals surface area (Å²) in [6.45, 7) is 5.47. The number of nitrogen functional groups attached to an aromatic ring is 4. The second-order valence-corrected chi connectivity index (χ2v) is 11.0. The summed E-state index contributed by atoms with van der Waals surface area (Å²) >= 11 is 3.19. The molecule has 0 unspecified atom stereocenters. The topological polar surface area (TPSA) is 325 Å². The predicted octanol–water partition coefficient (Wildman–Crippen LogP) is 6.76. The van der Waals surface area contributed by atoms with Gasteiger partial charge in [-0.05, 0) is 61.4 Å². The third kappa shape index (κ3) is 15.8. The number of nitro benzene ring substituents is 4. The molecule has 0 aliphatic rings. The van der Waals surface area contributed by atoms with Crippen LogP contribution in [0.25, 0.3) is 0 Å². The van der Waals surface area contributed by atoms with Crippen LogP contribution in [0.1, 0.15) is 26.7 Å². The lowest BCUT2D eigenvalue weighted by Gasteiger charge is -2.04. The van der Waals surface area contributed by atoms with E-state index in [-0.39, 0.29) is 51.2 Å². The smallest absolute Gasteiger partial charge is 0.295 e. The highest BCUT2D eigenvalue weighted by Gasteiger charge is 2.14. The Morgan fingerprint density at radius 2 is 0.811 bits per heavy atom. The average Bonchev–Trinajstić information content (AvgIpc) is 3.12. The Labute approximate surface area is 311 Å². The van der Waals surface area contributed by atoms with Crippen molar-refractivity contribution in [3.63, 3.8) is 0 Å². The molecule has 0 aliphatic heterocycles. The molecule has 0 heterocycles. The van der Waals surface area contributed by atoms with Crippen LogP contribution in [-0.4, -0.2) is 50.0 Å². The van der Waals surface area contributed by atoms with Crippen molar-refractivity contribution in [1.29, 1.82) is 0 Å². The lowest BCUT2D eigenvalue weighted by atomic mass is 10.2. The summed E-state index contributed by atoms with van der Waals surface area (Å²) in [4.78, 5) is 39.5. The molecule has 0 atom stereocenters. The van der Waals surface area contributed by atoms with E-state index in [1.54, 1.807) is 18.2 Å². The van der Waals surface area contributed by atoms with Crippen LogP contribution in [0.3, 0.4) is 0 Å². The van der Waals surface area contributed by atoms with Crippen molar-refractivity contribution in [2.24, 2.45) is 0 Å². The van der Waals surface area contributed by atoms with Crippen LogP contribution in [0.2, 0.25) is 0 Å². The minimum absolute atomic E-state index is 0.0489. The van der Waals surface area contributed by atoms with Crippen LogP contribution in [-0.2, 0) is 0 Å². The van der Waals surface area contributed by atoms with Crippen LogP contribution in [0, 0.1) is 40.5 Å². The van der Waals surface area contributed by atoms with Crippen LogP contribution < -0.4 is 37.1 Å². The Morgan fingerprint density at radius 1 is 0.528 bits per heavy atom. The number of alkyl halides is 1. The summed E-state index contributed by atoms with van der Waals surface area (Å²) in [7, 11) is 0. The Bertz CT molecular complexity index is 1690. The number of nitrogens with zero attached hydrogens (tertiary/aromatic N) is 4. The summed E-state index contributed by atoms with van der Waals surface area (Å²) in [6, 6.07) is 16.8. The van der Waals surface area contributed by atoms with E-state index in [1.165, 1.54) is 48.5 Å². The number of nitro groups is 4. The average molecular weight is 808 g/mol. The van der Waals surface area contributed by atoms with E-state index >= 15 is 0 Å². The summed E-state index contributed by atoms with van der Waals surface area (Å²) in [5, 5.41) is 51.2. The zero-order chi connectivity index (χ0) is 40.1. The molecule has 4 aromatic rings. The number of nitrogens with two attached hydrogens (primary N) is 4. The Morgan fingerprint density at radius 3 is 1.08 bits per heavy atom. The van der Waals surface area contributed by atoms with Crippen LogP contribution in [0.4, 0.5) is 45.5 Å². The number of rotatable bonds is 13. The van der Waals surface area contributed by atoms with Crippen LogP contribution in [0.5, 0.6) is 23.0 Å². The summed E-state index contributed by atoms with van der Waals surface area (Å²) in [6.07, 6.45) is 1.72. The Hall–Kier alpha value is -6.64. The summed E-state index contributed by atoms with van der Waals surface area (Å²) in [5.74, 6) is 1.25. The number of hydrogen-bond acceptors (Lipinski definition) is 16. The van der Waals surface area contributed by atoms with Gasteiger partial charge in [0.15, 0.2) is 0 Å². The fourth-order valence-corrected chi connectivity index (χ4v) is 3.76. The molecule has 0 aromatic heterocycles. The second kappa shape index (κ2) is 23.0. The molecule has 20 nitrogen and oxygen atoms in total. The minimum Gasteiger partial charge on any atom is -0.508 e. The molecule has 0 spiro atoms. The van der Waals surface area contributed by atoms with E-state index < -0.39 is 19.7 Å². The number of hydrogen-bond donors (Lipinski definition) is 5. The first-order valence-electron chi connectivity index (χ1n) is 15.3. The number of phenols is 1. The molecule has 0 radical (unpaired) electrons. The Kier molecular flexibility index (Phi) is 19.2. The lowest BCUT2D eigenvalue weighted by molar-refractivity contribution is -0.384. The van der Waals surface area contributed by atoms with Gasteiger partial charge >= 0.3 is 0 Å². The van der Waals surface area contributed by atoms with Crippen molar-refractivity contribution in [2.75, 3.05) is 48.1 Å². The zero-order valence-corrected chi connectivity index (χ0v) is 30.2. The second-order valence-electron chi connectivity index (χ2n) is 10.2. The first-order chi connectivity index (χ1) is 25.1. The van der Waals surface area contributed by atoms with Gasteiger partial charge in [-0.15, -0.1) is 0 Å². The maximum absolute atomic E-state index is 10.5. The molecule has 4 aromatic carbocycles. The van der Waals surface area contributed by atoms with Gasteiger partial charge in [0.1, 0.15) is 45.7 Å². The number of benzene rings is 4. The normalized spacial score (nSPS) is 9.72. The van der Waals surface area contributed by atoms with Crippen molar-refractivity contribution in [1.82, 2.24) is 0 Å². The molecule has 0 bridgehead atoms. The van der Waals surface area contributed by atoms with E-state index in [4.69, 9.17) is 42.3 Å². The van der Waals surface area contributed by atoms with Gasteiger partial charge < -0.3 is 42.3 Å². The first kappa shape index (κ1) is 44.4. The van der Waals surface area contributed by atoms with E-state index in [0.717, 1.165) is 18.9 Å². The number of halogens is 1. The number of aromatic hydroxyl groups is 1. The quantitative estimate of drug-likeness (QED) is 0.0306. The molecule has 0 saturated carbocycles. The molecular formula is C32H39BrN8O12. The molecule has 21 heteroatoms. The standard InChI is InChI=1S/2C9H12N2O3.C8H9BrN2O3.C6H6N2O3/c2*1-2-5-14-7-3-4-8(10)9(6-7)11(12)13;9-3-4-14-6-1-2-7(10)8(5-6)11(12)13;7-5-2-1-4(9)3-6(5)8(10)11/h2*3-4,6H,2,5,10H2,1H3;1-2,5H,3-4,10H2;1-3,9H,7H2. The van der Waals surface area contributed by atoms with Crippen molar-refractivity contribution in [3.8, 4) is 23.0 Å². The van der Waals surface area contributed by atoms with Crippen molar-refractivity contribution < 1.29 is 39.0 Å². The van der Waals surface area contributed by atoms with E-state index in [2.05, 4.69) is 15.9 Å². The zero-order valence-electron chi connectivity index (χ0n) is 28.6. The predicted molar refractivity (Wildman–Crippen MR) is 203 cm³/mol.